The molecule has 2 aromatic carbocycles. The second kappa shape index (κ2) is 5.66. The van der Waals surface area contributed by atoms with E-state index in [9.17, 15) is 20.0 Å². The van der Waals surface area contributed by atoms with Gasteiger partial charge in [0, 0.05) is 17.0 Å². The van der Waals surface area contributed by atoms with Gasteiger partial charge in [0.05, 0.1) is 21.7 Å². The normalized spacial score (nSPS) is 10.7. The maximum absolute atomic E-state index is 11.5. The molecule has 0 spiro atoms. The number of fused-ring (bicyclic) bond motifs is 1. The lowest BCUT2D eigenvalue weighted by Gasteiger charge is -2.08. The van der Waals surface area contributed by atoms with E-state index in [1.165, 1.54) is 12.1 Å². The van der Waals surface area contributed by atoms with E-state index in [-0.39, 0.29) is 21.7 Å². The predicted molar refractivity (Wildman–Crippen MR) is 85.8 cm³/mol. The number of rotatable bonds is 3. The number of nitro groups is 1. The summed E-state index contributed by atoms with van der Waals surface area (Å²) in [5.74, 6) is -1.19. The summed E-state index contributed by atoms with van der Waals surface area (Å²) >= 11 is 5.90. The van der Waals surface area contributed by atoms with Gasteiger partial charge < -0.3 is 5.11 Å². The number of pyridine rings is 1. The fourth-order valence-corrected chi connectivity index (χ4v) is 2.54. The monoisotopic (exact) mass is 328 g/mol. The van der Waals surface area contributed by atoms with Gasteiger partial charge in [0.2, 0.25) is 0 Å². The first-order valence-corrected chi connectivity index (χ1v) is 6.92. The summed E-state index contributed by atoms with van der Waals surface area (Å²) in [5.41, 5.74) is 1.08. The molecule has 1 heterocycles. The number of carboxylic acid groups (broad SMARTS) is 1. The van der Waals surface area contributed by atoms with Crippen molar-refractivity contribution in [2.45, 2.75) is 0 Å². The number of carboxylic acids is 1. The lowest BCUT2D eigenvalue weighted by molar-refractivity contribution is -0.384. The minimum Gasteiger partial charge on any atom is -0.478 e. The smallest absolute Gasteiger partial charge is 0.336 e. The van der Waals surface area contributed by atoms with Crippen molar-refractivity contribution in [3.8, 4) is 11.3 Å². The molecule has 3 aromatic rings. The molecule has 0 saturated carbocycles. The van der Waals surface area contributed by atoms with E-state index in [1.807, 2.05) is 18.2 Å². The lowest BCUT2D eigenvalue weighted by atomic mass is 10.0. The molecule has 0 amide bonds. The van der Waals surface area contributed by atoms with E-state index >= 15 is 0 Å². The Morgan fingerprint density at radius 3 is 2.48 bits per heavy atom. The van der Waals surface area contributed by atoms with E-state index in [4.69, 9.17) is 11.6 Å². The van der Waals surface area contributed by atoms with Crippen LogP contribution in [0.5, 0.6) is 0 Å². The van der Waals surface area contributed by atoms with Gasteiger partial charge in [-0.3, -0.25) is 10.1 Å². The Kier molecular flexibility index (Phi) is 3.67. The summed E-state index contributed by atoms with van der Waals surface area (Å²) < 4.78 is 0. The Hall–Kier alpha value is -2.99. The molecule has 114 valence electrons. The fraction of sp³-hybridized carbons (Fsp3) is 0. The molecule has 7 heteroatoms. The largest absolute Gasteiger partial charge is 0.478 e. The number of nitrogens with zero attached hydrogens (tertiary/aromatic N) is 2. The molecule has 0 radical (unpaired) electrons. The first-order valence-electron chi connectivity index (χ1n) is 6.55. The van der Waals surface area contributed by atoms with Crippen LogP contribution in [0.25, 0.3) is 22.2 Å². The molecule has 23 heavy (non-hydrogen) atoms. The van der Waals surface area contributed by atoms with E-state index in [0.29, 0.717) is 11.2 Å². The van der Waals surface area contributed by atoms with Crippen molar-refractivity contribution in [2.75, 3.05) is 0 Å². The van der Waals surface area contributed by atoms with Crippen molar-refractivity contribution in [3.05, 3.63) is 69.2 Å². The molecule has 0 bridgehead atoms. The number of aromatic nitrogens is 1. The molecule has 0 aliphatic rings. The number of hydrogen-bond acceptors (Lipinski definition) is 4. The van der Waals surface area contributed by atoms with Crippen LogP contribution in [0, 0.1) is 10.1 Å². The van der Waals surface area contributed by atoms with Crippen LogP contribution in [0.2, 0.25) is 5.02 Å². The average molecular weight is 329 g/mol. The van der Waals surface area contributed by atoms with Crippen LogP contribution in [-0.2, 0) is 0 Å². The zero-order valence-corrected chi connectivity index (χ0v) is 12.3. The Balaban J connectivity index is 2.35. The predicted octanol–water partition coefficient (Wildman–Crippen LogP) is 4.16. The van der Waals surface area contributed by atoms with Gasteiger partial charge in [0.25, 0.3) is 5.69 Å². The third-order valence-corrected chi connectivity index (χ3v) is 3.68. The summed E-state index contributed by atoms with van der Waals surface area (Å²) in [6.07, 6.45) is 0. The minimum absolute atomic E-state index is 0.0615. The van der Waals surface area contributed by atoms with Crippen LogP contribution < -0.4 is 0 Å². The summed E-state index contributed by atoms with van der Waals surface area (Å²) in [5, 5.41) is 20.5. The molecule has 0 fully saturated rings. The highest BCUT2D eigenvalue weighted by molar-refractivity contribution is 6.33. The van der Waals surface area contributed by atoms with Crippen LogP contribution in [-0.4, -0.2) is 21.0 Å². The molecule has 0 atom stereocenters. The van der Waals surface area contributed by atoms with Crippen molar-refractivity contribution >= 4 is 34.2 Å². The number of hydrogen-bond donors (Lipinski definition) is 1. The van der Waals surface area contributed by atoms with Gasteiger partial charge in [-0.05, 0) is 12.1 Å². The summed E-state index contributed by atoms with van der Waals surface area (Å²) in [4.78, 5) is 26.2. The SMILES string of the molecule is O=C(O)c1cc(-c2ccccc2)nc2cc(Cl)c([N+](=O)[O-])cc12. The molecule has 0 aliphatic carbocycles. The summed E-state index contributed by atoms with van der Waals surface area (Å²) in [7, 11) is 0. The zero-order chi connectivity index (χ0) is 16.6. The van der Waals surface area contributed by atoms with Crippen molar-refractivity contribution in [3.63, 3.8) is 0 Å². The van der Waals surface area contributed by atoms with Gasteiger partial charge in [0.15, 0.2) is 0 Å². The van der Waals surface area contributed by atoms with E-state index < -0.39 is 10.9 Å². The van der Waals surface area contributed by atoms with Crippen LogP contribution in [0.3, 0.4) is 0 Å². The third kappa shape index (κ3) is 2.72. The first-order chi connectivity index (χ1) is 11.0. The van der Waals surface area contributed by atoms with Crippen molar-refractivity contribution in [1.29, 1.82) is 0 Å². The Morgan fingerprint density at radius 2 is 1.87 bits per heavy atom. The number of nitro benzene ring substituents is 1. The second-order valence-corrected chi connectivity index (χ2v) is 5.21. The van der Waals surface area contributed by atoms with E-state index in [2.05, 4.69) is 4.98 Å². The molecular formula is C16H9ClN2O4. The number of carbonyl (C=O) groups is 1. The highest BCUT2D eigenvalue weighted by Crippen LogP contribution is 2.32. The van der Waals surface area contributed by atoms with Gasteiger partial charge in [-0.1, -0.05) is 41.9 Å². The quantitative estimate of drug-likeness (QED) is 0.575. The van der Waals surface area contributed by atoms with Gasteiger partial charge >= 0.3 is 5.97 Å². The average Bonchev–Trinajstić information content (AvgIpc) is 2.53. The molecule has 1 N–H and O–H groups in total. The zero-order valence-electron chi connectivity index (χ0n) is 11.6. The number of benzene rings is 2. The summed E-state index contributed by atoms with van der Waals surface area (Å²) in [6.45, 7) is 0. The maximum Gasteiger partial charge on any atom is 0.336 e. The van der Waals surface area contributed by atoms with Crippen molar-refractivity contribution < 1.29 is 14.8 Å². The van der Waals surface area contributed by atoms with Crippen molar-refractivity contribution in [1.82, 2.24) is 4.98 Å². The van der Waals surface area contributed by atoms with Crippen LogP contribution in [0.4, 0.5) is 5.69 Å². The number of aromatic carboxylic acids is 1. The molecule has 0 saturated heterocycles. The van der Waals surface area contributed by atoms with Gasteiger partial charge in [0.1, 0.15) is 5.02 Å². The summed E-state index contributed by atoms with van der Waals surface area (Å²) in [6, 6.07) is 12.9. The van der Waals surface area contributed by atoms with E-state index in [1.54, 1.807) is 12.1 Å². The van der Waals surface area contributed by atoms with E-state index in [0.717, 1.165) is 11.6 Å². The molecule has 3 rings (SSSR count). The molecule has 0 aliphatic heterocycles. The second-order valence-electron chi connectivity index (χ2n) is 4.80. The van der Waals surface area contributed by atoms with Crippen LogP contribution in [0.15, 0.2) is 48.5 Å². The number of halogens is 1. The maximum atomic E-state index is 11.5. The highest BCUT2D eigenvalue weighted by atomic mass is 35.5. The topological polar surface area (TPSA) is 93.3 Å². The molecule has 1 aromatic heterocycles. The van der Waals surface area contributed by atoms with Crippen LogP contribution >= 0.6 is 11.6 Å². The Morgan fingerprint density at radius 1 is 1.17 bits per heavy atom. The van der Waals surface area contributed by atoms with Crippen LogP contribution in [0.1, 0.15) is 10.4 Å². The van der Waals surface area contributed by atoms with Gasteiger partial charge in [-0.15, -0.1) is 0 Å². The Labute approximate surface area is 135 Å². The van der Waals surface area contributed by atoms with Gasteiger partial charge in [-0.25, -0.2) is 9.78 Å². The van der Waals surface area contributed by atoms with Gasteiger partial charge in [-0.2, -0.15) is 0 Å². The fourth-order valence-electron chi connectivity index (χ4n) is 2.31. The third-order valence-electron chi connectivity index (χ3n) is 3.37. The first kappa shape index (κ1) is 14.9. The van der Waals surface area contributed by atoms with Crippen molar-refractivity contribution in [2.24, 2.45) is 0 Å². The lowest BCUT2D eigenvalue weighted by Crippen LogP contribution is -2.01. The minimum atomic E-state index is -1.19. The molecule has 0 unspecified atom stereocenters. The standard InChI is InChI=1S/C16H9ClN2O4/c17-12-8-14-10(7-15(12)19(22)23)11(16(20)21)6-13(18-14)9-4-2-1-3-5-9/h1-8H,(H,20,21). The Bertz CT molecular complexity index is 942. The molecule has 6 nitrogen and oxygen atoms in total. The molecular weight excluding hydrogens is 320 g/mol. The highest BCUT2D eigenvalue weighted by Gasteiger charge is 2.19.